The summed E-state index contributed by atoms with van der Waals surface area (Å²) in [5.41, 5.74) is 0.541. The maximum absolute atomic E-state index is 12.9. The second-order valence-electron chi connectivity index (χ2n) is 9.63. The van der Waals surface area contributed by atoms with Gasteiger partial charge in [-0.1, -0.05) is 20.3 Å². The molecule has 1 saturated heterocycles. The summed E-state index contributed by atoms with van der Waals surface area (Å²) in [6, 6.07) is 3.82. The van der Waals surface area contributed by atoms with E-state index < -0.39 is 5.60 Å². The van der Waals surface area contributed by atoms with E-state index in [1.165, 1.54) is 0 Å². The Balaban J connectivity index is 1.84. The van der Waals surface area contributed by atoms with Gasteiger partial charge in [0.15, 0.2) is 11.5 Å². The Morgan fingerprint density at radius 3 is 2.06 bits per heavy atom. The van der Waals surface area contributed by atoms with Crippen LogP contribution in [0, 0.1) is 5.92 Å². The number of piperazine rings is 1. The zero-order valence-corrected chi connectivity index (χ0v) is 21.9. The van der Waals surface area contributed by atoms with E-state index in [9.17, 15) is 9.59 Å². The van der Waals surface area contributed by atoms with Crippen LogP contribution in [0.3, 0.4) is 0 Å². The SMILES string of the molecule is CCc1cc(OC)c(OC)cc1OCCC(CC)CC(=O)N1CCN(C(=O)OC(C)(C)C)CC1. The number of amides is 2. The number of hydrogen-bond acceptors (Lipinski definition) is 6. The highest BCUT2D eigenvalue weighted by Gasteiger charge is 2.28. The second kappa shape index (κ2) is 12.7. The van der Waals surface area contributed by atoms with Crippen molar-refractivity contribution in [2.75, 3.05) is 47.0 Å². The molecule has 192 valence electrons. The Morgan fingerprint density at radius 2 is 1.53 bits per heavy atom. The summed E-state index contributed by atoms with van der Waals surface area (Å²) < 4.78 is 22.3. The molecule has 34 heavy (non-hydrogen) atoms. The van der Waals surface area contributed by atoms with Crippen molar-refractivity contribution in [3.63, 3.8) is 0 Å². The van der Waals surface area contributed by atoms with E-state index in [1.807, 2.05) is 37.8 Å². The monoisotopic (exact) mass is 478 g/mol. The third-order valence-corrected chi connectivity index (χ3v) is 6.06. The topological polar surface area (TPSA) is 77.5 Å². The van der Waals surface area contributed by atoms with Gasteiger partial charge in [0.1, 0.15) is 11.4 Å². The van der Waals surface area contributed by atoms with Crippen molar-refractivity contribution in [2.45, 2.75) is 65.9 Å². The van der Waals surface area contributed by atoms with Crippen LogP contribution in [0.2, 0.25) is 0 Å². The molecule has 1 unspecified atom stereocenters. The van der Waals surface area contributed by atoms with Crippen LogP contribution < -0.4 is 14.2 Å². The molecule has 0 N–H and O–H groups in total. The predicted molar refractivity (Wildman–Crippen MR) is 132 cm³/mol. The van der Waals surface area contributed by atoms with Crippen molar-refractivity contribution in [1.29, 1.82) is 0 Å². The second-order valence-corrected chi connectivity index (χ2v) is 9.63. The molecule has 1 aromatic carbocycles. The van der Waals surface area contributed by atoms with E-state index in [0.717, 1.165) is 30.6 Å². The number of aryl methyl sites for hydroxylation is 1. The number of rotatable bonds is 10. The Morgan fingerprint density at radius 1 is 0.941 bits per heavy atom. The quantitative estimate of drug-likeness (QED) is 0.492. The lowest BCUT2D eigenvalue weighted by Gasteiger charge is -2.36. The highest BCUT2D eigenvalue weighted by atomic mass is 16.6. The van der Waals surface area contributed by atoms with Crippen LogP contribution in [0.15, 0.2) is 12.1 Å². The number of carbonyl (C=O) groups excluding carboxylic acids is 2. The highest BCUT2D eigenvalue weighted by Crippen LogP contribution is 2.35. The molecule has 1 aromatic rings. The minimum absolute atomic E-state index is 0.135. The fourth-order valence-corrected chi connectivity index (χ4v) is 3.94. The zero-order valence-electron chi connectivity index (χ0n) is 21.9. The first-order valence-electron chi connectivity index (χ1n) is 12.2. The maximum atomic E-state index is 12.9. The first kappa shape index (κ1) is 27.6. The van der Waals surface area contributed by atoms with Gasteiger partial charge in [0.2, 0.25) is 5.91 Å². The van der Waals surface area contributed by atoms with E-state index in [0.29, 0.717) is 50.7 Å². The van der Waals surface area contributed by atoms with Crippen LogP contribution in [-0.2, 0) is 16.0 Å². The molecule has 0 aromatic heterocycles. The maximum Gasteiger partial charge on any atom is 0.410 e. The molecule has 8 nitrogen and oxygen atoms in total. The predicted octanol–water partition coefficient (Wildman–Crippen LogP) is 4.53. The normalized spacial score (nSPS) is 15.0. The van der Waals surface area contributed by atoms with E-state index >= 15 is 0 Å². The van der Waals surface area contributed by atoms with Gasteiger partial charge in [0.25, 0.3) is 0 Å². The average molecular weight is 479 g/mol. The molecule has 1 aliphatic rings. The minimum atomic E-state index is -0.519. The average Bonchev–Trinajstić information content (AvgIpc) is 2.81. The molecule has 0 spiro atoms. The van der Waals surface area contributed by atoms with Gasteiger partial charge in [-0.25, -0.2) is 4.79 Å². The summed E-state index contributed by atoms with van der Waals surface area (Å²) in [5.74, 6) is 2.50. The standard InChI is InChI=1S/C26H42N2O6/c1-8-19(10-15-33-21-18-23(32-7)22(31-6)17-20(21)9-2)16-24(29)27-11-13-28(14-12-27)25(30)34-26(3,4)5/h17-19H,8-16H2,1-7H3. The summed E-state index contributed by atoms with van der Waals surface area (Å²) >= 11 is 0. The number of benzene rings is 1. The van der Waals surface area contributed by atoms with Gasteiger partial charge in [-0.2, -0.15) is 0 Å². The van der Waals surface area contributed by atoms with Crippen molar-refractivity contribution >= 4 is 12.0 Å². The number of ether oxygens (including phenoxy) is 4. The van der Waals surface area contributed by atoms with E-state index in [2.05, 4.69) is 13.8 Å². The number of carbonyl (C=O) groups is 2. The molecule has 1 heterocycles. The van der Waals surface area contributed by atoms with E-state index in [-0.39, 0.29) is 17.9 Å². The Hall–Kier alpha value is -2.64. The molecule has 2 rings (SSSR count). The molecule has 0 saturated carbocycles. The summed E-state index contributed by atoms with van der Waals surface area (Å²) in [6.45, 7) is 12.3. The molecule has 0 bridgehead atoms. The molecule has 1 aliphatic heterocycles. The summed E-state index contributed by atoms with van der Waals surface area (Å²) in [5, 5.41) is 0. The van der Waals surface area contributed by atoms with Crippen molar-refractivity contribution < 1.29 is 28.5 Å². The lowest BCUT2D eigenvalue weighted by molar-refractivity contribution is -0.134. The molecular weight excluding hydrogens is 436 g/mol. The van der Waals surface area contributed by atoms with Gasteiger partial charge in [0, 0.05) is 38.7 Å². The third kappa shape index (κ3) is 7.99. The van der Waals surface area contributed by atoms with Crippen LogP contribution in [0.1, 0.15) is 59.4 Å². The van der Waals surface area contributed by atoms with Gasteiger partial charge in [-0.15, -0.1) is 0 Å². The van der Waals surface area contributed by atoms with Crippen LogP contribution in [0.4, 0.5) is 4.79 Å². The molecular formula is C26H42N2O6. The van der Waals surface area contributed by atoms with Crippen molar-refractivity contribution in [3.8, 4) is 17.2 Å². The fourth-order valence-electron chi connectivity index (χ4n) is 3.94. The van der Waals surface area contributed by atoms with Crippen molar-refractivity contribution in [3.05, 3.63) is 17.7 Å². The molecule has 0 radical (unpaired) electrons. The molecule has 1 atom stereocenters. The first-order chi connectivity index (χ1) is 16.1. The number of nitrogens with zero attached hydrogens (tertiary/aromatic N) is 2. The van der Waals surface area contributed by atoms with Crippen molar-refractivity contribution in [2.24, 2.45) is 5.92 Å². The van der Waals surface area contributed by atoms with Gasteiger partial charge in [-0.3, -0.25) is 4.79 Å². The van der Waals surface area contributed by atoms with Gasteiger partial charge >= 0.3 is 6.09 Å². The molecule has 1 fully saturated rings. The third-order valence-electron chi connectivity index (χ3n) is 6.06. The summed E-state index contributed by atoms with van der Waals surface area (Å²) in [6.07, 6.45) is 2.68. The Kier molecular flexibility index (Phi) is 10.3. The van der Waals surface area contributed by atoms with E-state index in [1.54, 1.807) is 19.1 Å². The molecule has 2 amide bonds. The lowest BCUT2D eigenvalue weighted by Crippen LogP contribution is -2.51. The molecule has 8 heteroatoms. The zero-order chi connectivity index (χ0) is 25.3. The van der Waals surface area contributed by atoms with E-state index in [4.69, 9.17) is 18.9 Å². The fraction of sp³-hybridized carbons (Fsp3) is 0.692. The van der Waals surface area contributed by atoms with Crippen LogP contribution >= 0.6 is 0 Å². The highest BCUT2D eigenvalue weighted by molar-refractivity contribution is 5.77. The first-order valence-corrected chi connectivity index (χ1v) is 12.2. The van der Waals surface area contributed by atoms with Gasteiger partial charge in [0.05, 0.1) is 20.8 Å². The minimum Gasteiger partial charge on any atom is -0.493 e. The van der Waals surface area contributed by atoms with Crippen LogP contribution in [-0.4, -0.2) is 74.4 Å². The number of methoxy groups -OCH3 is 2. The number of hydrogen-bond donors (Lipinski definition) is 0. The smallest absolute Gasteiger partial charge is 0.410 e. The Labute approximate surface area is 204 Å². The van der Waals surface area contributed by atoms with Crippen molar-refractivity contribution in [1.82, 2.24) is 9.80 Å². The van der Waals surface area contributed by atoms with Crippen LogP contribution in [0.5, 0.6) is 17.2 Å². The Bertz CT molecular complexity index is 812. The molecule has 0 aliphatic carbocycles. The lowest BCUT2D eigenvalue weighted by atomic mass is 9.98. The summed E-state index contributed by atoms with van der Waals surface area (Å²) in [4.78, 5) is 28.7. The largest absolute Gasteiger partial charge is 0.493 e. The summed E-state index contributed by atoms with van der Waals surface area (Å²) in [7, 11) is 3.23. The van der Waals surface area contributed by atoms with Gasteiger partial charge in [-0.05, 0) is 51.2 Å². The van der Waals surface area contributed by atoms with Gasteiger partial charge < -0.3 is 28.7 Å². The van der Waals surface area contributed by atoms with Crippen LogP contribution in [0.25, 0.3) is 0 Å².